The summed E-state index contributed by atoms with van der Waals surface area (Å²) in [6.45, 7) is 2.61. The van der Waals surface area contributed by atoms with Crippen LogP contribution < -0.4 is 9.47 Å². The summed E-state index contributed by atoms with van der Waals surface area (Å²) in [6.07, 6.45) is -5.89. The fourth-order valence-corrected chi connectivity index (χ4v) is 3.85. The second-order valence-electron chi connectivity index (χ2n) is 8.41. The van der Waals surface area contributed by atoms with Gasteiger partial charge >= 0.3 is 12.1 Å². The van der Waals surface area contributed by atoms with E-state index < -0.39 is 53.9 Å². The molecule has 3 rings (SSSR count). The molecule has 196 valence electrons. The fourth-order valence-electron chi connectivity index (χ4n) is 3.85. The molecule has 0 spiro atoms. The van der Waals surface area contributed by atoms with Crippen molar-refractivity contribution in [2.75, 3.05) is 20.3 Å². The molecule has 3 atom stereocenters. The number of rotatable bonds is 10. The first kappa shape index (κ1) is 27.1. The number of methoxy groups -OCH3 is 1. The Kier molecular flexibility index (Phi) is 9.03. The number of nitrogens with zero attached hydrogens (tertiary/aromatic N) is 1. The van der Waals surface area contributed by atoms with Crippen LogP contribution in [0.25, 0.3) is 0 Å². The van der Waals surface area contributed by atoms with Gasteiger partial charge in [-0.2, -0.15) is 0 Å². The van der Waals surface area contributed by atoms with Crippen LogP contribution in [0.15, 0.2) is 36.4 Å². The molecule has 36 heavy (non-hydrogen) atoms. The lowest BCUT2D eigenvalue weighted by atomic mass is 10.1. The summed E-state index contributed by atoms with van der Waals surface area (Å²) < 4.78 is 62.4. The summed E-state index contributed by atoms with van der Waals surface area (Å²) in [5, 5.41) is 9.64. The number of ether oxygens (including phenoxy) is 4. The molecule has 1 N–H and O–H groups in total. The van der Waals surface area contributed by atoms with Crippen molar-refractivity contribution in [1.82, 2.24) is 4.90 Å². The molecule has 0 saturated carbocycles. The third-order valence-electron chi connectivity index (χ3n) is 5.80. The van der Waals surface area contributed by atoms with Crippen LogP contribution in [0, 0.1) is 12.7 Å². The number of likely N-dealkylation sites (tertiary alicyclic amines) is 1. The van der Waals surface area contributed by atoms with Crippen LogP contribution in [-0.2, 0) is 16.1 Å². The Bertz CT molecular complexity index is 1070. The molecule has 8 nitrogen and oxygen atoms in total. The summed E-state index contributed by atoms with van der Waals surface area (Å²) in [7, 11) is 1.04. The number of hydrogen-bond acceptors (Lipinski definition) is 6. The van der Waals surface area contributed by atoms with E-state index in [9.17, 15) is 27.9 Å². The fraction of sp³-hybridized carbons (Fsp3) is 0.440. The van der Waals surface area contributed by atoms with Crippen molar-refractivity contribution < 1.29 is 46.8 Å². The van der Waals surface area contributed by atoms with E-state index in [0.717, 1.165) is 19.6 Å². The summed E-state index contributed by atoms with van der Waals surface area (Å²) in [4.78, 5) is 25.4. The predicted octanol–water partition coefficient (Wildman–Crippen LogP) is 4.67. The van der Waals surface area contributed by atoms with Crippen molar-refractivity contribution in [2.45, 2.75) is 51.6 Å². The van der Waals surface area contributed by atoms with Crippen molar-refractivity contribution in [3.8, 4) is 11.5 Å². The summed E-state index contributed by atoms with van der Waals surface area (Å²) in [5.41, 5.74) is 0.429. The van der Waals surface area contributed by atoms with E-state index in [1.165, 1.54) is 17.9 Å². The van der Waals surface area contributed by atoms with Crippen molar-refractivity contribution in [3.63, 3.8) is 0 Å². The number of carbonyl (C=O) groups excluding carboxylic acids is 1. The highest BCUT2D eigenvalue weighted by Crippen LogP contribution is 2.36. The quantitative estimate of drug-likeness (QED) is 0.464. The molecule has 1 fully saturated rings. The van der Waals surface area contributed by atoms with Crippen LogP contribution in [0.4, 0.5) is 18.0 Å². The molecule has 1 amide bonds. The van der Waals surface area contributed by atoms with Gasteiger partial charge in [-0.15, -0.1) is 0 Å². The van der Waals surface area contributed by atoms with Gasteiger partial charge in [0.25, 0.3) is 6.43 Å². The Morgan fingerprint density at radius 1 is 1.22 bits per heavy atom. The highest BCUT2D eigenvalue weighted by atomic mass is 19.3. The second-order valence-corrected chi connectivity index (χ2v) is 8.41. The van der Waals surface area contributed by atoms with Crippen LogP contribution in [0.5, 0.6) is 11.5 Å². The molecule has 1 heterocycles. The maximum Gasteiger partial charge on any atom is 0.407 e. The van der Waals surface area contributed by atoms with Gasteiger partial charge in [-0.1, -0.05) is 30.3 Å². The van der Waals surface area contributed by atoms with E-state index in [2.05, 4.69) is 0 Å². The van der Waals surface area contributed by atoms with Crippen molar-refractivity contribution in [2.24, 2.45) is 0 Å². The highest BCUT2D eigenvalue weighted by Gasteiger charge is 2.37. The maximum absolute atomic E-state index is 14.8. The summed E-state index contributed by atoms with van der Waals surface area (Å²) in [6, 6.07) is 9.99. The Hall–Kier alpha value is -3.47. The van der Waals surface area contributed by atoms with Crippen LogP contribution in [0.2, 0.25) is 0 Å². The van der Waals surface area contributed by atoms with E-state index in [0.29, 0.717) is 13.0 Å². The van der Waals surface area contributed by atoms with E-state index in [1.807, 2.05) is 30.3 Å². The molecule has 1 saturated heterocycles. The van der Waals surface area contributed by atoms with Crippen LogP contribution >= 0.6 is 0 Å². The first-order valence-corrected chi connectivity index (χ1v) is 11.3. The largest absolute Gasteiger partial charge is 0.490 e. The average Bonchev–Trinajstić information content (AvgIpc) is 3.28. The summed E-state index contributed by atoms with van der Waals surface area (Å²) >= 11 is 0. The molecule has 2 aromatic rings. The first-order chi connectivity index (χ1) is 17.1. The normalized spacial score (nSPS) is 18.2. The van der Waals surface area contributed by atoms with Gasteiger partial charge in [0.1, 0.15) is 17.9 Å². The van der Waals surface area contributed by atoms with Gasteiger partial charge in [0.15, 0.2) is 17.7 Å². The standard InChI is InChI=1S/C25H28F3NO7/c1-14-9-19(20(24(30)33-3)22(21(14)26)36-15(2)23(27)28)35-13-17-10-18(11-29(17)25(31)32)34-12-16-7-5-4-6-8-16/h4-9,15,17-18,23H,10-13H2,1-3H3,(H,31,32)/t15-,17-,18+/m1/s1. The molecule has 1 aliphatic heterocycles. The zero-order chi connectivity index (χ0) is 26.4. The number of alkyl halides is 2. The highest BCUT2D eigenvalue weighted by molar-refractivity contribution is 5.96. The van der Waals surface area contributed by atoms with Crippen molar-refractivity contribution in [1.29, 1.82) is 0 Å². The molecule has 2 aromatic carbocycles. The number of aryl methyl sites for hydroxylation is 1. The van der Waals surface area contributed by atoms with E-state index in [1.54, 1.807) is 0 Å². The van der Waals surface area contributed by atoms with Gasteiger partial charge in [-0.05, 0) is 37.5 Å². The number of amides is 1. The Balaban J connectivity index is 1.79. The van der Waals surface area contributed by atoms with Gasteiger partial charge < -0.3 is 24.1 Å². The van der Waals surface area contributed by atoms with Gasteiger partial charge in [-0.25, -0.2) is 22.8 Å². The molecule has 1 aliphatic rings. The summed E-state index contributed by atoms with van der Waals surface area (Å²) in [5.74, 6) is -2.94. The molecular formula is C25H28F3NO7. The third-order valence-corrected chi connectivity index (χ3v) is 5.80. The monoisotopic (exact) mass is 511 g/mol. The number of halogens is 3. The van der Waals surface area contributed by atoms with E-state index in [4.69, 9.17) is 18.9 Å². The Morgan fingerprint density at radius 3 is 2.53 bits per heavy atom. The molecule has 0 bridgehead atoms. The lowest BCUT2D eigenvalue weighted by Gasteiger charge is -2.23. The minimum absolute atomic E-state index is 0.0142. The SMILES string of the molecule is COC(=O)c1c(OC[C@H]2C[C@H](OCc3ccccc3)CN2C(=O)O)cc(C)c(F)c1O[C@H](C)C(F)F. The minimum Gasteiger partial charge on any atom is -0.490 e. The average molecular weight is 511 g/mol. The Labute approximate surface area is 206 Å². The van der Waals surface area contributed by atoms with Gasteiger partial charge in [0.05, 0.1) is 32.4 Å². The lowest BCUT2D eigenvalue weighted by Crippen LogP contribution is -2.38. The minimum atomic E-state index is -2.93. The van der Waals surface area contributed by atoms with Gasteiger partial charge in [0.2, 0.25) is 0 Å². The number of hydrogen-bond donors (Lipinski definition) is 1. The van der Waals surface area contributed by atoms with Gasteiger partial charge in [0, 0.05) is 0 Å². The zero-order valence-electron chi connectivity index (χ0n) is 20.1. The van der Waals surface area contributed by atoms with E-state index in [-0.39, 0.29) is 24.5 Å². The predicted molar refractivity (Wildman–Crippen MR) is 122 cm³/mol. The molecule has 11 heteroatoms. The zero-order valence-corrected chi connectivity index (χ0v) is 20.1. The maximum atomic E-state index is 14.8. The van der Waals surface area contributed by atoms with Crippen LogP contribution in [0.1, 0.15) is 34.8 Å². The van der Waals surface area contributed by atoms with Crippen molar-refractivity contribution in [3.05, 3.63) is 58.9 Å². The molecule has 0 radical (unpaired) electrons. The molecule has 0 aliphatic carbocycles. The van der Waals surface area contributed by atoms with Crippen molar-refractivity contribution >= 4 is 12.1 Å². The number of esters is 1. The third kappa shape index (κ3) is 6.39. The van der Waals surface area contributed by atoms with Gasteiger partial charge in [-0.3, -0.25) is 4.90 Å². The number of carboxylic acid groups (broad SMARTS) is 1. The first-order valence-electron chi connectivity index (χ1n) is 11.3. The Morgan fingerprint density at radius 2 is 1.92 bits per heavy atom. The lowest BCUT2D eigenvalue weighted by molar-refractivity contribution is 0.0187. The number of carbonyl (C=O) groups is 2. The van der Waals surface area contributed by atoms with Crippen LogP contribution in [-0.4, -0.2) is 67.0 Å². The molecule has 0 aromatic heterocycles. The topological polar surface area (TPSA) is 94.5 Å². The molecular weight excluding hydrogens is 483 g/mol. The number of benzene rings is 2. The smallest absolute Gasteiger partial charge is 0.407 e. The molecule has 0 unspecified atom stereocenters. The van der Waals surface area contributed by atoms with E-state index >= 15 is 0 Å². The van der Waals surface area contributed by atoms with Crippen LogP contribution in [0.3, 0.4) is 0 Å². The second kappa shape index (κ2) is 12.0.